The van der Waals surface area contributed by atoms with Crippen molar-refractivity contribution in [2.24, 2.45) is 0 Å². The molecule has 2 aliphatic carbocycles. The van der Waals surface area contributed by atoms with Crippen molar-refractivity contribution in [1.29, 1.82) is 0 Å². The van der Waals surface area contributed by atoms with Gasteiger partial charge in [0.05, 0.1) is 23.4 Å². The summed E-state index contributed by atoms with van der Waals surface area (Å²) in [5.74, 6) is 0.256. The highest BCUT2D eigenvalue weighted by molar-refractivity contribution is 8.00. The summed E-state index contributed by atoms with van der Waals surface area (Å²) in [6.45, 7) is 1.71. The number of aromatic nitrogens is 2. The standard InChI is InChI=1S/C24H26N4O4S2/c1-13(20(29)26-23(31)25-14-7-8-14)33-24-27-21-19(17-5-3-4-6-18(17)34-21)22(30)28(24)15-9-11-16(32-2)12-10-15/h9-14H,3-8H2,1-2H3,(H2,25,26,29,31). The van der Waals surface area contributed by atoms with Gasteiger partial charge in [-0.05, 0) is 75.3 Å². The zero-order valence-corrected chi connectivity index (χ0v) is 20.7. The Bertz CT molecular complexity index is 1310. The second-order valence-corrected chi connectivity index (χ2v) is 11.0. The van der Waals surface area contributed by atoms with Crippen LogP contribution in [0.5, 0.6) is 5.75 Å². The smallest absolute Gasteiger partial charge is 0.321 e. The number of fused-ring (bicyclic) bond motifs is 3. The van der Waals surface area contributed by atoms with Crippen LogP contribution in [0.15, 0.2) is 34.2 Å². The average molecular weight is 499 g/mol. The van der Waals surface area contributed by atoms with E-state index in [2.05, 4.69) is 10.6 Å². The zero-order chi connectivity index (χ0) is 23.8. The lowest BCUT2D eigenvalue weighted by Crippen LogP contribution is -2.43. The Morgan fingerprint density at radius 3 is 2.65 bits per heavy atom. The van der Waals surface area contributed by atoms with Gasteiger partial charge < -0.3 is 10.1 Å². The molecule has 0 aliphatic heterocycles. The number of thioether (sulfide) groups is 1. The van der Waals surface area contributed by atoms with E-state index < -0.39 is 17.2 Å². The molecule has 3 aromatic rings. The van der Waals surface area contributed by atoms with Crippen LogP contribution in [0.25, 0.3) is 15.9 Å². The van der Waals surface area contributed by atoms with Crippen molar-refractivity contribution in [1.82, 2.24) is 20.2 Å². The van der Waals surface area contributed by atoms with Gasteiger partial charge in [-0.3, -0.25) is 19.5 Å². The van der Waals surface area contributed by atoms with Crippen LogP contribution < -0.4 is 20.9 Å². The fraction of sp³-hybridized carbons (Fsp3) is 0.417. The Labute approximate surface area is 205 Å². The fourth-order valence-corrected chi connectivity index (χ4v) is 6.33. The average Bonchev–Trinajstić information content (AvgIpc) is 3.56. The van der Waals surface area contributed by atoms with Crippen molar-refractivity contribution in [2.75, 3.05) is 7.11 Å². The van der Waals surface area contributed by atoms with E-state index in [4.69, 9.17) is 9.72 Å². The third-order valence-electron chi connectivity index (χ3n) is 6.09. The maximum Gasteiger partial charge on any atom is 0.321 e. The molecule has 3 amide bonds. The highest BCUT2D eigenvalue weighted by atomic mass is 32.2. The molecular formula is C24H26N4O4S2. The molecule has 10 heteroatoms. The molecule has 1 saturated carbocycles. The molecule has 2 aromatic heterocycles. The number of amides is 3. The maximum atomic E-state index is 13.8. The van der Waals surface area contributed by atoms with Gasteiger partial charge in [-0.25, -0.2) is 9.78 Å². The number of ether oxygens (including phenoxy) is 1. The number of nitrogens with one attached hydrogen (secondary N) is 2. The van der Waals surface area contributed by atoms with Gasteiger partial charge in [0.15, 0.2) is 5.16 Å². The van der Waals surface area contributed by atoms with Gasteiger partial charge in [-0.1, -0.05) is 11.8 Å². The molecular weight excluding hydrogens is 472 g/mol. The largest absolute Gasteiger partial charge is 0.497 e. The minimum atomic E-state index is -0.631. The molecule has 0 radical (unpaired) electrons. The van der Waals surface area contributed by atoms with E-state index in [1.165, 1.54) is 16.6 Å². The van der Waals surface area contributed by atoms with Crippen molar-refractivity contribution in [3.05, 3.63) is 45.1 Å². The number of aryl methyl sites for hydroxylation is 2. The van der Waals surface area contributed by atoms with Gasteiger partial charge in [-0.2, -0.15) is 0 Å². The number of thiophene rings is 1. The third-order valence-corrected chi connectivity index (χ3v) is 8.33. The summed E-state index contributed by atoms with van der Waals surface area (Å²) in [4.78, 5) is 45.3. The molecule has 0 spiro atoms. The van der Waals surface area contributed by atoms with Crippen LogP contribution in [0, 0.1) is 0 Å². The van der Waals surface area contributed by atoms with Crippen LogP contribution in [-0.2, 0) is 17.6 Å². The minimum Gasteiger partial charge on any atom is -0.497 e. The van der Waals surface area contributed by atoms with E-state index in [1.807, 2.05) is 12.1 Å². The molecule has 5 rings (SSSR count). The number of imide groups is 1. The number of benzene rings is 1. The molecule has 2 N–H and O–H groups in total. The number of carbonyl (C=O) groups is 2. The summed E-state index contributed by atoms with van der Waals surface area (Å²) in [5, 5.41) is 5.62. The molecule has 8 nitrogen and oxygen atoms in total. The first kappa shape index (κ1) is 22.9. The normalized spacial score (nSPS) is 16.1. The predicted molar refractivity (Wildman–Crippen MR) is 133 cm³/mol. The first-order valence-electron chi connectivity index (χ1n) is 11.4. The molecule has 0 saturated heterocycles. The van der Waals surface area contributed by atoms with E-state index in [0.29, 0.717) is 26.8 Å². The van der Waals surface area contributed by atoms with Gasteiger partial charge in [0.1, 0.15) is 10.6 Å². The Morgan fingerprint density at radius 1 is 1.21 bits per heavy atom. The van der Waals surface area contributed by atoms with E-state index in [0.717, 1.165) is 44.1 Å². The molecule has 1 fully saturated rings. The van der Waals surface area contributed by atoms with Crippen molar-refractivity contribution in [3.63, 3.8) is 0 Å². The highest BCUT2D eigenvalue weighted by Crippen LogP contribution is 2.36. The highest BCUT2D eigenvalue weighted by Gasteiger charge is 2.27. The van der Waals surface area contributed by atoms with Crippen LogP contribution in [0.2, 0.25) is 0 Å². The topological polar surface area (TPSA) is 102 Å². The van der Waals surface area contributed by atoms with Crippen LogP contribution in [0.4, 0.5) is 4.79 Å². The molecule has 2 aliphatic rings. The Kier molecular flexibility index (Phi) is 6.35. The molecule has 0 bridgehead atoms. The minimum absolute atomic E-state index is 0.129. The van der Waals surface area contributed by atoms with Crippen molar-refractivity contribution in [3.8, 4) is 11.4 Å². The van der Waals surface area contributed by atoms with Crippen LogP contribution in [-0.4, -0.2) is 39.9 Å². The van der Waals surface area contributed by atoms with Gasteiger partial charge >= 0.3 is 6.03 Å². The number of methoxy groups -OCH3 is 1. The van der Waals surface area contributed by atoms with Crippen LogP contribution >= 0.6 is 23.1 Å². The quantitative estimate of drug-likeness (QED) is 0.396. The summed E-state index contributed by atoms with van der Waals surface area (Å²) in [5.41, 5.74) is 1.64. The lowest BCUT2D eigenvalue weighted by atomic mass is 9.97. The monoisotopic (exact) mass is 498 g/mol. The van der Waals surface area contributed by atoms with Crippen LogP contribution in [0.3, 0.4) is 0 Å². The fourth-order valence-electron chi connectivity index (χ4n) is 4.10. The second-order valence-electron chi connectivity index (χ2n) is 8.62. The number of hydrogen-bond acceptors (Lipinski definition) is 7. The predicted octanol–water partition coefficient (Wildman–Crippen LogP) is 3.80. The van der Waals surface area contributed by atoms with E-state index in [-0.39, 0.29) is 11.6 Å². The van der Waals surface area contributed by atoms with E-state index in [9.17, 15) is 14.4 Å². The van der Waals surface area contributed by atoms with Crippen molar-refractivity contribution >= 4 is 45.3 Å². The Balaban J connectivity index is 1.52. The van der Waals surface area contributed by atoms with Gasteiger partial charge in [0, 0.05) is 10.9 Å². The third kappa shape index (κ3) is 4.56. The molecule has 1 aromatic carbocycles. The van der Waals surface area contributed by atoms with Crippen LogP contribution in [0.1, 0.15) is 43.0 Å². The Morgan fingerprint density at radius 2 is 1.94 bits per heavy atom. The first-order chi connectivity index (χ1) is 16.4. The van der Waals surface area contributed by atoms with E-state index in [1.54, 1.807) is 42.1 Å². The number of hydrogen-bond donors (Lipinski definition) is 2. The van der Waals surface area contributed by atoms with Crippen molar-refractivity contribution < 1.29 is 14.3 Å². The SMILES string of the molecule is COc1ccc(-n2c(SC(C)C(=O)NC(=O)NC3CC3)nc3sc4c(c3c2=O)CCCC4)cc1. The van der Waals surface area contributed by atoms with Gasteiger partial charge in [0.25, 0.3) is 5.56 Å². The second kappa shape index (κ2) is 9.42. The number of rotatable bonds is 6. The summed E-state index contributed by atoms with van der Waals surface area (Å²) < 4.78 is 6.84. The molecule has 34 heavy (non-hydrogen) atoms. The summed E-state index contributed by atoms with van der Waals surface area (Å²) in [7, 11) is 1.59. The maximum absolute atomic E-state index is 13.8. The molecule has 178 valence electrons. The first-order valence-corrected chi connectivity index (χ1v) is 13.1. The summed E-state index contributed by atoms with van der Waals surface area (Å²) in [6.07, 6.45) is 5.92. The number of nitrogens with zero attached hydrogens (tertiary/aromatic N) is 2. The zero-order valence-electron chi connectivity index (χ0n) is 19.1. The molecule has 1 atom stereocenters. The molecule has 2 heterocycles. The molecule has 1 unspecified atom stereocenters. The Hall–Kier alpha value is -2.85. The number of carbonyl (C=O) groups excluding carboxylic acids is 2. The van der Waals surface area contributed by atoms with Crippen molar-refractivity contribution in [2.45, 2.75) is 61.9 Å². The summed E-state index contributed by atoms with van der Waals surface area (Å²) >= 11 is 2.75. The lowest BCUT2D eigenvalue weighted by molar-refractivity contribution is -0.119. The lowest BCUT2D eigenvalue weighted by Gasteiger charge is -2.16. The summed E-state index contributed by atoms with van der Waals surface area (Å²) in [6, 6.07) is 6.88. The van der Waals surface area contributed by atoms with Gasteiger partial charge in [-0.15, -0.1) is 11.3 Å². The van der Waals surface area contributed by atoms with Gasteiger partial charge in [0.2, 0.25) is 5.91 Å². The number of urea groups is 1. The van der Waals surface area contributed by atoms with E-state index >= 15 is 0 Å².